The maximum Gasteiger partial charge on any atom is 0.109 e. The molecule has 7 unspecified atom stereocenters. The number of ether oxygens (including phenoxy) is 1. The molecule has 0 radical (unpaired) electrons. The van der Waals surface area contributed by atoms with Gasteiger partial charge in [0, 0.05) is 12.8 Å². The first-order valence-electron chi connectivity index (χ1n) is 14.5. The SMILES string of the molecule is CC(C)(C)CC(C)(C)CC(=S)NC(COC1CC=CCC(O)C(O)C1O)C(O)CC(O)C(C)(C)CC(C)(C)C. The van der Waals surface area contributed by atoms with Crippen LogP contribution >= 0.6 is 12.2 Å². The molecule has 0 aromatic heterocycles. The van der Waals surface area contributed by atoms with Gasteiger partial charge in [-0.2, -0.15) is 0 Å². The number of thiocarbonyl (C=S) groups is 1. The van der Waals surface area contributed by atoms with Crippen molar-refractivity contribution in [3.8, 4) is 0 Å². The summed E-state index contributed by atoms with van der Waals surface area (Å²) in [7, 11) is 0. The molecule has 0 aromatic carbocycles. The summed E-state index contributed by atoms with van der Waals surface area (Å²) >= 11 is 5.74. The van der Waals surface area contributed by atoms with Gasteiger partial charge in [-0.15, -0.1) is 0 Å². The van der Waals surface area contributed by atoms with Crippen molar-refractivity contribution in [2.24, 2.45) is 21.7 Å². The van der Waals surface area contributed by atoms with E-state index >= 15 is 0 Å². The smallest absolute Gasteiger partial charge is 0.109 e. The summed E-state index contributed by atoms with van der Waals surface area (Å²) in [6.45, 7) is 21.4. The summed E-state index contributed by atoms with van der Waals surface area (Å²) in [6.07, 6.45) is 0.507. The number of aliphatic hydroxyl groups excluding tert-OH is 5. The molecule has 8 heteroatoms. The molecule has 39 heavy (non-hydrogen) atoms. The standard InChI is InChI=1S/C31H59NO6S/c1-28(2,3)18-30(7,8)16-25(39)32-20(22(34)15-24(35)31(9,10)19-29(4,5)6)17-38-23-14-12-11-13-21(33)26(36)27(23)37/h11-12,20-24,26-27,33-37H,13-19H2,1-10H3,(H,32,39). The molecule has 0 spiro atoms. The fraction of sp³-hybridized carbons (Fsp3) is 0.903. The van der Waals surface area contributed by atoms with E-state index in [9.17, 15) is 25.5 Å². The first-order chi connectivity index (χ1) is 17.5. The highest BCUT2D eigenvalue weighted by atomic mass is 32.1. The molecule has 1 rings (SSSR count). The molecular weight excluding hydrogens is 514 g/mol. The lowest BCUT2D eigenvalue weighted by Crippen LogP contribution is -2.51. The van der Waals surface area contributed by atoms with Gasteiger partial charge >= 0.3 is 0 Å². The maximum absolute atomic E-state index is 11.3. The van der Waals surface area contributed by atoms with Crippen molar-refractivity contribution < 1.29 is 30.3 Å². The normalized spacial score (nSPS) is 25.9. The average Bonchev–Trinajstić information content (AvgIpc) is 2.71. The quantitative estimate of drug-likeness (QED) is 0.149. The minimum absolute atomic E-state index is 0.00576. The van der Waals surface area contributed by atoms with E-state index in [0.717, 1.165) is 12.8 Å². The zero-order valence-corrected chi connectivity index (χ0v) is 27.0. The minimum atomic E-state index is -1.34. The Bertz CT molecular complexity index is 785. The van der Waals surface area contributed by atoms with Crippen molar-refractivity contribution in [2.75, 3.05) is 6.61 Å². The van der Waals surface area contributed by atoms with Gasteiger partial charge in [0.05, 0.1) is 42.1 Å². The number of hydrogen-bond acceptors (Lipinski definition) is 7. The molecule has 0 fully saturated rings. The van der Waals surface area contributed by atoms with Crippen LogP contribution in [0.2, 0.25) is 0 Å². The summed E-state index contributed by atoms with van der Waals surface area (Å²) in [6, 6.07) is -0.633. The molecule has 0 bridgehead atoms. The van der Waals surface area contributed by atoms with Gasteiger partial charge in [0.15, 0.2) is 0 Å². The van der Waals surface area contributed by atoms with Gasteiger partial charge in [0.1, 0.15) is 12.2 Å². The molecule has 0 amide bonds. The maximum atomic E-state index is 11.3. The van der Waals surface area contributed by atoms with Crippen LogP contribution in [0.4, 0.5) is 0 Å². The van der Waals surface area contributed by atoms with Crippen LogP contribution in [0, 0.1) is 21.7 Å². The highest BCUT2D eigenvalue weighted by Crippen LogP contribution is 2.38. The second-order valence-corrected chi connectivity index (χ2v) is 16.2. The van der Waals surface area contributed by atoms with Crippen LogP contribution in [-0.4, -0.2) is 79.8 Å². The zero-order valence-electron chi connectivity index (χ0n) is 26.2. The highest BCUT2D eigenvalue weighted by Gasteiger charge is 2.37. The van der Waals surface area contributed by atoms with Crippen LogP contribution in [0.15, 0.2) is 12.2 Å². The van der Waals surface area contributed by atoms with E-state index in [4.69, 9.17) is 17.0 Å². The molecule has 6 N–H and O–H groups in total. The van der Waals surface area contributed by atoms with Gasteiger partial charge < -0.3 is 35.6 Å². The van der Waals surface area contributed by atoms with Gasteiger partial charge in [0.2, 0.25) is 0 Å². The van der Waals surface area contributed by atoms with Crippen LogP contribution in [-0.2, 0) is 4.74 Å². The van der Waals surface area contributed by atoms with Gasteiger partial charge in [-0.3, -0.25) is 0 Å². The van der Waals surface area contributed by atoms with Gasteiger partial charge in [-0.1, -0.05) is 93.6 Å². The second-order valence-electron chi connectivity index (χ2n) is 15.7. The second kappa shape index (κ2) is 14.5. The molecule has 230 valence electrons. The Morgan fingerprint density at radius 1 is 0.872 bits per heavy atom. The number of aliphatic hydroxyl groups is 5. The largest absolute Gasteiger partial charge is 0.392 e. The Hall–Kier alpha value is -0.610. The monoisotopic (exact) mass is 573 g/mol. The average molecular weight is 574 g/mol. The molecule has 0 saturated heterocycles. The molecular formula is C31H59NO6S. The van der Waals surface area contributed by atoms with Crippen molar-refractivity contribution in [2.45, 2.75) is 150 Å². The Balaban J connectivity index is 3.07. The fourth-order valence-electron chi connectivity index (χ4n) is 6.22. The summed E-state index contributed by atoms with van der Waals surface area (Å²) in [5.41, 5.74) is -0.324. The van der Waals surface area contributed by atoms with Crippen LogP contribution in [0.3, 0.4) is 0 Å². The Morgan fingerprint density at radius 2 is 1.41 bits per heavy atom. The summed E-state index contributed by atoms with van der Waals surface area (Å²) in [5, 5.41) is 56.8. The van der Waals surface area contributed by atoms with E-state index in [1.165, 1.54) is 0 Å². The van der Waals surface area contributed by atoms with Gasteiger partial charge in [0.25, 0.3) is 0 Å². The fourth-order valence-corrected chi connectivity index (χ4v) is 6.76. The minimum Gasteiger partial charge on any atom is -0.392 e. The predicted molar refractivity (Wildman–Crippen MR) is 163 cm³/mol. The zero-order chi connectivity index (χ0) is 30.4. The van der Waals surface area contributed by atoms with E-state index in [-0.39, 0.29) is 35.7 Å². The third kappa shape index (κ3) is 13.7. The van der Waals surface area contributed by atoms with Crippen molar-refractivity contribution in [1.82, 2.24) is 5.32 Å². The third-order valence-corrected chi connectivity index (χ3v) is 7.60. The van der Waals surface area contributed by atoms with Crippen molar-refractivity contribution in [3.05, 3.63) is 12.2 Å². The summed E-state index contributed by atoms with van der Waals surface area (Å²) in [5.74, 6) is 0. The number of nitrogens with one attached hydrogen (secondary N) is 1. The van der Waals surface area contributed by atoms with E-state index in [1.54, 1.807) is 6.08 Å². The van der Waals surface area contributed by atoms with Crippen LogP contribution in [0.1, 0.15) is 108 Å². The molecule has 1 aliphatic rings. The molecule has 7 nitrogen and oxygen atoms in total. The van der Waals surface area contributed by atoms with E-state index in [0.29, 0.717) is 17.8 Å². The van der Waals surface area contributed by atoms with Crippen molar-refractivity contribution in [3.63, 3.8) is 0 Å². The summed E-state index contributed by atoms with van der Waals surface area (Å²) in [4.78, 5) is 0.605. The first kappa shape index (κ1) is 36.4. The number of hydrogen-bond donors (Lipinski definition) is 6. The lowest BCUT2D eigenvalue weighted by Gasteiger charge is -2.39. The van der Waals surface area contributed by atoms with E-state index in [2.05, 4.69) is 60.7 Å². The van der Waals surface area contributed by atoms with E-state index in [1.807, 2.05) is 19.9 Å². The van der Waals surface area contributed by atoms with Crippen LogP contribution < -0.4 is 5.32 Å². The topological polar surface area (TPSA) is 122 Å². The van der Waals surface area contributed by atoms with Crippen molar-refractivity contribution in [1.29, 1.82) is 0 Å². The van der Waals surface area contributed by atoms with Crippen LogP contribution in [0.25, 0.3) is 0 Å². The molecule has 0 aliphatic heterocycles. The molecule has 1 aliphatic carbocycles. The molecule has 0 heterocycles. The Morgan fingerprint density at radius 3 is 1.95 bits per heavy atom. The van der Waals surface area contributed by atoms with Crippen molar-refractivity contribution >= 4 is 17.2 Å². The lowest BCUT2D eigenvalue weighted by atomic mass is 9.71. The molecule has 7 atom stereocenters. The Kier molecular flexibility index (Phi) is 13.6. The number of rotatable bonds is 12. The van der Waals surface area contributed by atoms with Gasteiger partial charge in [-0.05, 0) is 47.3 Å². The molecule has 0 saturated carbocycles. The summed E-state index contributed by atoms with van der Waals surface area (Å²) < 4.78 is 6.06. The molecule has 0 aromatic rings. The van der Waals surface area contributed by atoms with Gasteiger partial charge in [-0.25, -0.2) is 0 Å². The third-order valence-electron chi connectivity index (χ3n) is 7.34. The predicted octanol–water partition coefficient (Wildman–Crippen LogP) is 4.52. The highest BCUT2D eigenvalue weighted by molar-refractivity contribution is 7.80. The Labute approximate surface area is 243 Å². The lowest BCUT2D eigenvalue weighted by molar-refractivity contribution is -0.129. The first-order valence-corrected chi connectivity index (χ1v) is 14.9. The van der Waals surface area contributed by atoms with E-state index < -0.39 is 48.1 Å². The van der Waals surface area contributed by atoms with Crippen LogP contribution in [0.5, 0.6) is 0 Å².